The van der Waals surface area contributed by atoms with Crippen molar-refractivity contribution in [3.63, 3.8) is 0 Å². The van der Waals surface area contributed by atoms with Crippen molar-refractivity contribution in [3.8, 4) is 0 Å². The first kappa shape index (κ1) is 17.1. The second-order valence-electron chi connectivity index (χ2n) is 6.81. The topological polar surface area (TPSA) is 63.1 Å². The number of nitrogens with one attached hydrogen (secondary N) is 1. The Morgan fingerprint density at radius 2 is 1.85 bits per heavy atom. The molecule has 1 aromatic carbocycles. The normalized spacial score (nSPS) is 18.6. The molecule has 1 amide bonds. The number of carbonyl (C=O) groups is 1. The van der Waals surface area contributed by atoms with Crippen molar-refractivity contribution in [2.45, 2.75) is 37.8 Å². The lowest BCUT2D eigenvalue weighted by molar-refractivity contribution is -0.160. The van der Waals surface area contributed by atoms with E-state index in [1.54, 1.807) is 6.07 Å². The van der Waals surface area contributed by atoms with Gasteiger partial charge in [-0.1, -0.05) is 30.3 Å². The molecule has 1 saturated heterocycles. The molecular weight excluding hydrogens is 340 g/mol. The lowest BCUT2D eigenvalue weighted by Crippen LogP contribution is -2.45. The summed E-state index contributed by atoms with van der Waals surface area (Å²) in [6.07, 6.45) is 1.25. The molecule has 2 aliphatic heterocycles. The predicted octanol–water partition coefficient (Wildman–Crippen LogP) is 1.88. The van der Waals surface area contributed by atoms with Crippen LogP contribution >= 0.6 is 0 Å². The summed E-state index contributed by atoms with van der Waals surface area (Å²) in [6, 6.07) is 7.28. The zero-order valence-electron chi connectivity index (χ0n) is 14.4. The van der Waals surface area contributed by atoms with Gasteiger partial charge in [0.05, 0.1) is 6.54 Å². The molecule has 0 spiro atoms. The van der Waals surface area contributed by atoms with Crippen LogP contribution in [0.15, 0.2) is 30.3 Å². The van der Waals surface area contributed by atoms with Crippen LogP contribution in [0.2, 0.25) is 0 Å². The lowest BCUT2D eigenvalue weighted by atomic mass is 9.95. The molecule has 0 unspecified atom stereocenters. The first-order chi connectivity index (χ1) is 12.6. The maximum atomic E-state index is 14.5. The fraction of sp³-hybridized carbons (Fsp3) is 0.500. The average Bonchev–Trinajstić information content (AvgIpc) is 3.12. The number of fused-ring (bicyclic) bond motifs is 1. The van der Waals surface area contributed by atoms with Crippen LogP contribution in [0.5, 0.6) is 0 Å². The predicted molar refractivity (Wildman–Crippen MR) is 90.6 cm³/mol. The third-order valence-electron chi connectivity index (χ3n) is 5.20. The van der Waals surface area contributed by atoms with Gasteiger partial charge in [-0.2, -0.15) is 8.78 Å². The van der Waals surface area contributed by atoms with Gasteiger partial charge in [0.1, 0.15) is 11.6 Å². The molecule has 3 heterocycles. The van der Waals surface area contributed by atoms with E-state index in [1.807, 2.05) is 0 Å². The molecule has 8 heteroatoms. The highest BCUT2D eigenvalue weighted by atomic mass is 19.3. The van der Waals surface area contributed by atoms with Crippen LogP contribution in [-0.2, 0) is 23.8 Å². The van der Waals surface area contributed by atoms with Crippen LogP contribution in [0.4, 0.5) is 8.78 Å². The number of aromatic nitrogens is 3. The Morgan fingerprint density at radius 1 is 1.12 bits per heavy atom. The summed E-state index contributed by atoms with van der Waals surface area (Å²) in [5, 5.41) is 11.8. The Labute approximate surface area is 150 Å². The molecule has 138 valence electrons. The summed E-state index contributed by atoms with van der Waals surface area (Å²) in [5.41, 5.74) is -0.258. The molecular formula is C18H21F2N5O. The SMILES string of the molecule is O=C(N1CCC(c2nnc3n2CCNC3)CC1)C(F)(F)c1ccccc1. The Bertz CT molecular complexity index is 784. The van der Waals surface area contributed by atoms with Gasteiger partial charge in [0.15, 0.2) is 0 Å². The second kappa shape index (κ2) is 6.75. The summed E-state index contributed by atoms with van der Waals surface area (Å²) < 4.78 is 31.1. The molecule has 2 aliphatic rings. The molecule has 6 nitrogen and oxygen atoms in total. The van der Waals surface area contributed by atoms with Crippen molar-refractivity contribution >= 4 is 5.91 Å². The van der Waals surface area contributed by atoms with Crippen molar-refractivity contribution < 1.29 is 13.6 Å². The molecule has 1 fully saturated rings. The number of benzene rings is 1. The van der Waals surface area contributed by atoms with Crippen molar-refractivity contribution in [1.29, 1.82) is 0 Å². The maximum Gasteiger partial charge on any atom is 0.349 e. The second-order valence-corrected chi connectivity index (χ2v) is 6.81. The third-order valence-corrected chi connectivity index (χ3v) is 5.20. The molecule has 4 rings (SSSR count). The summed E-state index contributed by atoms with van der Waals surface area (Å²) in [6.45, 7) is 3.02. The molecule has 0 atom stereocenters. The van der Waals surface area contributed by atoms with Gasteiger partial charge < -0.3 is 14.8 Å². The van der Waals surface area contributed by atoms with Crippen molar-refractivity contribution in [2.24, 2.45) is 0 Å². The van der Waals surface area contributed by atoms with E-state index < -0.39 is 11.8 Å². The standard InChI is InChI=1S/C18H21F2N5O/c19-18(20,14-4-2-1-3-5-14)17(26)24-9-6-13(7-10-24)16-23-22-15-12-21-8-11-25(15)16/h1-5,13,21H,6-12H2. The number of hydrogen-bond donors (Lipinski definition) is 1. The van der Waals surface area contributed by atoms with E-state index in [2.05, 4.69) is 20.1 Å². The first-order valence-electron chi connectivity index (χ1n) is 8.93. The number of alkyl halides is 2. The lowest BCUT2D eigenvalue weighted by Gasteiger charge is -2.34. The molecule has 1 aromatic heterocycles. The number of piperidine rings is 1. The van der Waals surface area contributed by atoms with Gasteiger partial charge in [0.25, 0.3) is 5.91 Å². The number of rotatable bonds is 3. The molecule has 0 radical (unpaired) electrons. The highest BCUT2D eigenvalue weighted by Gasteiger charge is 2.44. The zero-order chi connectivity index (χ0) is 18.1. The van der Waals surface area contributed by atoms with Crippen LogP contribution in [0.25, 0.3) is 0 Å². The van der Waals surface area contributed by atoms with E-state index in [0.717, 1.165) is 24.7 Å². The van der Waals surface area contributed by atoms with Gasteiger partial charge in [0, 0.05) is 37.7 Å². The fourth-order valence-corrected chi connectivity index (χ4v) is 3.73. The van der Waals surface area contributed by atoms with Gasteiger partial charge in [-0.3, -0.25) is 4.79 Å². The number of halogens is 2. The highest BCUT2D eigenvalue weighted by molar-refractivity contribution is 5.85. The number of carbonyl (C=O) groups excluding carboxylic acids is 1. The molecule has 0 saturated carbocycles. The van der Waals surface area contributed by atoms with E-state index in [4.69, 9.17) is 0 Å². The molecule has 1 N–H and O–H groups in total. The number of likely N-dealkylation sites (tertiary alicyclic amines) is 1. The minimum Gasteiger partial charge on any atom is -0.337 e. The van der Waals surface area contributed by atoms with E-state index in [0.29, 0.717) is 32.5 Å². The van der Waals surface area contributed by atoms with Gasteiger partial charge in [-0.25, -0.2) is 0 Å². The molecule has 26 heavy (non-hydrogen) atoms. The fourth-order valence-electron chi connectivity index (χ4n) is 3.73. The summed E-state index contributed by atoms with van der Waals surface area (Å²) >= 11 is 0. The van der Waals surface area contributed by atoms with Crippen LogP contribution in [0, 0.1) is 0 Å². The summed E-state index contributed by atoms with van der Waals surface area (Å²) in [7, 11) is 0. The molecule has 2 aromatic rings. The quantitative estimate of drug-likeness (QED) is 0.907. The summed E-state index contributed by atoms with van der Waals surface area (Å²) in [5.74, 6) is -2.62. The smallest absolute Gasteiger partial charge is 0.337 e. The van der Waals surface area contributed by atoms with E-state index >= 15 is 0 Å². The Morgan fingerprint density at radius 3 is 2.58 bits per heavy atom. The molecule has 0 aliphatic carbocycles. The van der Waals surface area contributed by atoms with Gasteiger partial charge in [-0.15, -0.1) is 10.2 Å². The number of amides is 1. The van der Waals surface area contributed by atoms with Gasteiger partial charge in [0.2, 0.25) is 0 Å². The average molecular weight is 361 g/mol. The van der Waals surface area contributed by atoms with Crippen LogP contribution in [0.1, 0.15) is 36.0 Å². The minimum atomic E-state index is -3.49. The Balaban J connectivity index is 1.44. The van der Waals surface area contributed by atoms with Crippen LogP contribution < -0.4 is 5.32 Å². The summed E-state index contributed by atoms with van der Waals surface area (Å²) in [4.78, 5) is 13.7. The van der Waals surface area contributed by atoms with E-state index in [-0.39, 0.29) is 11.5 Å². The van der Waals surface area contributed by atoms with Crippen molar-refractivity contribution in [2.75, 3.05) is 19.6 Å². The monoisotopic (exact) mass is 361 g/mol. The van der Waals surface area contributed by atoms with Crippen molar-refractivity contribution in [1.82, 2.24) is 25.0 Å². The largest absolute Gasteiger partial charge is 0.349 e. The Kier molecular flexibility index (Phi) is 4.44. The number of nitrogens with zero attached hydrogens (tertiary/aromatic N) is 4. The van der Waals surface area contributed by atoms with Crippen LogP contribution in [0.3, 0.4) is 0 Å². The van der Waals surface area contributed by atoms with Crippen molar-refractivity contribution in [3.05, 3.63) is 47.5 Å². The maximum absolute atomic E-state index is 14.5. The Hall–Kier alpha value is -2.35. The van der Waals surface area contributed by atoms with Gasteiger partial charge in [-0.05, 0) is 12.8 Å². The van der Waals surface area contributed by atoms with Crippen LogP contribution in [-0.4, -0.2) is 45.2 Å². The van der Waals surface area contributed by atoms with E-state index in [9.17, 15) is 13.6 Å². The zero-order valence-corrected chi connectivity index (χ0v) is 14.4. The van der Waals surface area contributed by atoms with Gasteiger partial charge >= 0.3 is 5.92 Å². The first-order valence-corrected chi connectivity index (χ1v) is 8.93. The molecule has 0 bridgehead atoms. The van der Waals surface area contributed by atoms with E-state index in [1.165, 1.54) is 29.2 Å². The third kappa shape index (κ3) is 2.98. The minimum absolute atomic E-state index is 0.156. The number of hydrogen-bond acceptors (Lipinski definition) is 4. The highest BCUT2D eigenvalue weighted by Crippen LogP contribution is 2.34.